The zero-order valence-electron chi connectivity index (χ0n) is 23.2. The molecule has 1 aromatic heterocycles. The van der Waals surface area contributed by atoms with Crippen molar-refractivity contribution in [3.8, 4) is 5.69 Å². The minimum absolute atomic E-state index is 0.257. The second-order valence-electron chi connectivity index (χ2n) is 11.4. The van der Waals surface area contributed by atoms with Gasteiger partial charge in [0, 0.05) is 0 Å². The number of hydrogen-bond donors (Lipinski definition) is 0. The van der Waals surface area contributed by atoms with Crippen LogP contribution < -0.4 is 25.3 Å². The van der Waals surface area contributed by atoms with Gasteiger partial charge in [0.25, 0.3) is 0 Å². The van der Waals surface area contributed by atoms with Crippen LogP contribution >= 0.6 is 23.5 Å². The van der Waals surface area contributed by atoms with E-state index in [1.54, 1.807) is 21.2 Å². The molecule has 6 aromatic rings. The van der Waals surface area contributed by atoms with Crippen LogP contribution in [-0.4, -0.2) is 26.2 Å². The fraction of sp³-hybridized carbons (Fsp3) is 0.135. The van der Waals surface area contributed by atoms with Crippen LogP contribution in [0.4, 0.5) is 0 Å². The Labute approximate surface area is 262 Å². The van der Waals surface area contributed by atoms with Crippen molar-refractivity contribution in [3.05, 3.63) is 120 Å². The van der Waals surface area contributed by atoms with Gasteiger partial charge in [-0.25, -0.2) is 0 Å². The van der Waals surface area contributed by atoms with Crippen molar-refractivity contribution in [2.75, 3.05) is 0 Å². The number of aromatic nitrogens is 1. The Morgan fingerprint density at radius 2 is 1.48 bits per heavy atom. The molecular formula is C37H28BNS2Se. The number of benzene rings is 5. The molecule has 0 saturated carbocycles. The number of rotatable bonds is 3. The number of hydrogen-bond acceptors (Lipinski definition) is 2. The summed E-state index contributed by atoms with van der Waals surface area (Å²) < 4.78 is 5.74. The average Bonchev–Trinajstić information content (AvgIpc) is 3.15. The Hall–Kier alpha value is -3.08. The van der Waals surface area contributed by atoms with E-state index in [4.69, 9.17) is 0 Å². The van der Waals surface area contributed by atoms with E-state index < -0.39 is 0 Å². The van der Waals surface area contributed by atoms with Crippen molar-refractivity contribution < 1.29 is 0 Å². The molecule has 202 valence electrons. The van der Waals surface area contributed by atoms with Crippen LogP contribution in [0.3, 0.4) is 0 Å². The summed E-state index contributed by atoms with van der Waals surface area (Å²) in [5, 5.41) is 1.45. The van der Waals surface area contributed by atoms with Gasteiger partial charge in [-0.05, 0) is 0 Å². The first-order valence-electron chi connectivity index (χ1n) is 14.9. The Morgan fingerprint density at radius 1 is 0.667 bits per heavy atom. The molecule has 0 fully saturated rings. The fourth-order valence-electron chi connectivity index (χ4n) is 7.26. The molecule has 3 aliphatic rings. The predicted molar refractivity (Wildman–Crippen MR) is 182 cm³/mol. The molecule has 0 saturated heterocycles. The van der Waals surface area contributed by atoms with Gasteiger partial charge in [0.15, 0.2) is 0 Å². The van der Waals surface area contributed by atoms with E-state index in [2.05, 4.69) is 114 Å². The molecule has 0 N–H and O–H groups in total. The maximum absolute atomic E-state index is 2.67. The standard InChI is InChI=1S/C37H28BNS2Se/c1-3-11-24(12-4-1)40-25-21-22-28-35(23-25)42-34-20-10-19-33-37(34)38(28)36-31(17-9-18-32(36)41-33)39-29-15-6-2-5-13-26(29)27-14-7-8-16-30(27)39/h1,3-4,7-12,14,16-23H,2,5-6,13,15H2. The molecule has 5 heteroatoms. The summed E-state index contributed by atoms with van der Waals surface area (Å²) in [4.78, 5) is 5.48. The van der Waals surface area contributed by atoms with E-state index in [-0.39, 0.29) is 21.7 Å². The van der Waals surface area contributed by atoms with E-state index in [0.717, 1.165) is 6.42 Å². The minimum atomic E-state index is 0.257. The zero-order chi connectivity index (χ0) is 27.6. The first-order chi connectivity index (χ1) is 20.8. The van der Waals surface area contributed by atoms with Crippen molar-refractivity contribution in [1.82, 2.24) is 4.57 Å². The molecule has 0 radical (unpaired) electrons. The third-order valence-corrected chi connectivity index (χ3v) is 13.6. The van der Waals surface area contributed by atoms with Gasteiger partial charge >= 0.3 is 264 Å². The van der Waals surface area contributed by atoms with Crippen molar-refractivity contribution in [2.24, 2.45) is 0 Å². The van der Waals surface area contributed by atoms with E-state index in [9.17, 15) is 0 Å². The molecule has 9 rings (SSSR count). The van der Waals surface area contributed by atoms with Crippen LogP contribution in [0, 0.1) is 0 Å². The summed E-state index contributed by atoms with van der Waals surface area (Å²) in [7, 11) is 0. The molecule has 1 nitrogen and oxygen atoms in total. The van der Waals surface area contributed by atoms with Crippen molar-refractivity contribution in [1.29, 1.82) is 0 Å². The Kier molecular flexibility index (Phi) is 6.22. The molecule has 42 heavy (non-hydrogen) atoms. The van der Waals surface area contributed by atoms with Gasteiger partial charge in [-0.1, -0.05) is 0 Å². The van der Waals surface area contributed by atoms with Gasteiger partial charge in [-0.15, -0.1) is 0 Å². The Balaban J connectivity index is 1.27. The van der Waals surface area contributed by atoms with Crippen LogP contribution in [0.1, 0.15) is 30.5 Å². The van der Waals surface area contributed by atoms with Gasteiger partial charge in [-0.3, -0.25) is 0 Å². The van der Waals surface area contributed by atoms with Crippen molar-refractivity contribution >= 4 is 81.4 Å². The molecular weight excluding hydrogens is 612 g/mol. The molecule has 1 aliphatic carbocycles. The van der Waals surface area contributed by atoms with Crippen LogP contribution in [0.25, 0.3) is 16.6 Å². The van der Waals surface area contributed by atoms with Crippen molar-refractivity contribution in [2.45, 2.75) is 51.7 Å². The topological polar surface area (TPSA) is 4.93 Å². The predicted octanol–water partition coefficient (Wildman–Crippen LogP) is 6.00. The summed E-state index contributed by atoms with van der Waals surface area (Å²) in [5.74, 6) is 0. The summed E-state index contributed by atoms with van der Waals surface area (Å²) in [5.41, 5.74) is 10.4. The van der Waals surface area contributed by atoms with Gasteiger partial charge in [0.05, 0.1) is 0 Å². The van der Waals surface area contributed by atoms with Crippen LogP contribution in [-0.2, 0) is 12.8 Å². The quantitative estimate of drug-likeness (QED) is 0.173. The molecule has 0 unspecified atom stereocenters. The molecule has 0 atom stereocenters. The van der Waals surface area contributed by atoms with E-state index in [1.807, 2.05) is 23.5 Å². The SMILES string of the molecule is c1ccc(Sc2ccc3c(c2)[Se]c2cccc4c2B3c2c(cccc2-n2c3c(c5ccccc52)CCCCC3)S4)cc1. The normalized spacial score (nSPS) is 15.0. The Bertz CT molecular complexity index is 2010. The second kappa shape index (κ2) is 10.3. The summed E-state index contributed by atoms with van der Waals surface area (Å²) >= 11 is 4.14. The molecule has 0 spiro atoms. The van der Waals surface area contributed by atoms with Crippen LogP contribution in [0.5, 0.6) is 0 Å². The monoisotopic (exact) mass is 641 g/mol. The van der Waals surface area contributed by atoms with Crippen LogP contribution in [0.2, 0.25) is 0 Å². The molecule has 0 amide bonds. The third-order valence-electron chi connectivity index (χ3n) is 9.03. The van der Waals surface area contributed by atoms with E-state index >= 15 is 0 Å². The first-order valence-corrected chi connectivity index (χ1v) is 18.3. The number of aryl methyl sites for hydroxylation is 1. The van der Waals surface area contributed by atoms with E-state index in [1.165, 1.54) is 77.2 Å². The Morgan fingerprint density at radius 3 is 2.40 bits per heavy atom. The van der Waals surface area contributed by atoms with E-state index in [0.29, 0.717) is 0 Å². The number of para-hydroxylation sites is 1. The van der Waals surface area contributed by atoms with Gasteiger partial charge in [-0.2, -0.15) is 0 Å². The van der Waals surface area contributed by atoms with Gasteiger partial charge in [0.2, 0.25) is 0 Å². The first kappa shape index (κ1) is 25.4. The van der Waals surface area contributed by atoms with Crippen LogP contribution in [0.15, 0.2) is 129 Å². The van der Waals surface area contributed by atoms with Gasteiger partial charge in [0.1, 0.15) is 0 Å². The second-order valence-corrected chi connectivity index (χ2v) is 16.0. The summed E-state index contributed by atoms with van der Waals surface area (Å²) in [6.07, 6.45) is 6.24. The zero-order valence-corrected chi connectivity index (χ0v) is 26.5. The third kappa shape index (κ3) is 4.02. The molecule has 5 aromatic carbocycles. The number of nitrogens with zero attached hydrogens (tertiary/aromatic N) is 1. The van der Waals surface area contributed by atoms with Gasteiger partial charge < -0.3 is 0 Å². The number of fused-ring (bicyclic) bond motifs is 7. The summed E-state index contributed by atoms with van der Waals surface area (Å²) in [6.45, 7) is 0.257. The maximum atomic E-state index is 2.67. The molecule has 0 bridgehead atoms. The average molecular weight is 641 g/mol. The van der Waals surface area contributed by atoms with Crippen molar-refractivity contribution in [3.63, 3.8) is 0 Å². The fourth-order valence-corrected chi connectivity index (χ4v) is 12.2. The summed E-state index contributed by atoms with van der Waals surface area (Å²) in [6, 6.07) is 41.3. The molecule has 2 aliphatic heterocycles. The molecule has 3 heterocycles.